The SMILES string of the molecule is CC(C)CCn1c(C(C)Cl)nc2cnc3ccccc3c21. The molecule has 110 valence electrons. The van der Waals surface area contributed by atoms with Gasteiger partial charge in [0, 0.05) is 11.9 Å². The average molecular weight is 302 g/mol. The van der Waals surface area contributed by atoms with E-state index < -0.39 is 0 Å². The van der Waals surface area contributed by atoms with Gasteiger partial charge >= 0.3 is 0 Å². The number of pyridine rings is 1. The number of fused-ring (bicyclic) bond motifs is 3. The summed E-state index contributed by atoms with van der Waals surface area (Å²) in [4.78, 5) is 9.21. The van der Waals surface area contributed by atoms with Crippen molar-refractivity contribution in [1.29, 1.82) is 0 Å². The van der Waals surface area contributed by atoms with Crippen LogP contribution in [0.1, 0.15) is 38.4 Å². The highest BCUT2D eigenvalue weighted by Gasteiger charge is 2.17. The van der Waals surface area contributed by atoms with Gasteiger partial charge in [-0.1, -0.05) is 32.0 Å². The fraction of sp³-hybridized carbons (Fsp3) is 0.412. The Labute approximate surface area is 130 Å². The molecule has 3 nitrogen and oxygen atoms in total. The highest BCUT2D eigenvalue weighted by atomic mass is 35.5. The number of hydrogen-bond acceptors (Lipinski definition) is 2. The summed E-state index contributed by atoms with van der Waals surface area (Å²) in [6.07, 6.45) is 2.96. The van der Waals surface area contributed by atoms with E-state index in [1.807, 2.05) is 31.3 Å². The molecule has 3 rings (SSSR count). The Balaban J connectivity index is 2.27. The monoisotopic (exact) mass is 301 g/mol. The number of imidazole rings is 1. The van der Waals surface area contributed by atoms with E-state index in [2.05, 4.69) is 29.5 Å². The zero-order valence-electron chi connectivity index (χ0n) is 12.7. The van der Waals surface area contributed by atoms with Crippen molar-refractivity contribution in [3.8, 4) is 0 Å². The number of nitrogens with zero attached hydrogens (tertiary/aromatic N) is 3. The molecule has 0 aliphatic heterocycles. The van der Waals surface area contributed by atoms with Crippen LogP contribution in [-0.2, 0) is 6.54 Å². The molecule has 0 fully saturated rings. The second kappa shape index (κ2) is 5.64. The van der Waals surface area contributed by atoms with Gasteiger partial charge in [0.25, 0.3) is 0 Å². The molecule has 0 amide bonds. The van der Waals surface area contributed by atoms with Crippen molar-refractivity contribution < 1.29 is 0 Å². The van der Waals surface area contributed by atoms with Crippen molar-refractivity contribution in [2.45, 2.75) is 39.1 Å². The maximum absolute atomic E-state index is 6.34. The van der Waals surface area contributed by atoms with Gasteiger partial charge < -0.3 is 4.57 Å². The quantitative estimate of drug-likeness (QED) is 0.640. The minimum atomic E-state index is -0.108. The molecule has 21 heavy (non-hydrogen) atoms. The molecule has 0 saturated carbocycles. The number of benzene rings is 1. The number of rotatable bonds is 4. The van der Waals surface area contributed by atoms with Crippen LogP contribution in [-0.4, -0.2) is 14.5 Å². The van der Waals surface area contributed by atoms with Gasteiger partial charge in [-0.05, 0) is 25.3 Å². The first-order valence-corrected chi connectivity index (χ1v) is 7.89. The molecule has 0 aliphatic rings. The van der Waals surface area contributed by atoms with E-state index in [4.69, 9.17) is 16.6 Å². The standard InChI is InChI=1S/C17H20ClN3/c1-11(2)8-9-21-16-13-6-4-5-7-14(13)19-10-15(16)20-17(21)12(3)18/h4-7,10-12H,8-9H2,1-3H3. The summed E-state index contributed by atoms with van der Waals surface area (Å²) in [5, 5.41) is 1.04. The minimum absolute atomic E-state index is 0.108. The molecule has 0 spiro atoms. The summed E-state index contributed by atoms with van der Waals surface area (Å²) < 4.78 is 2.27. The van der Waals surface area contributed by atoms with E-state index in [1.165, 1.54) is 0 Å². The lowest BCUT2D eigenvalue weighted by Gasteiger charge is -2.13. The van der Waals surface area contributed by atoms with Crippen LogP contribution in [0.3, 0.4) is 0 Å². The molecule has 3 aromatic rings. The highest BCUT2D eigenvalue weighted by Crippen LogP contribution is 2.29. The molecule has 0 N–H and O–H groups in total. The first-order chi connectivity index (χ1) is 10.1. The van der Waals surface area contributed by atoms with Crippen LogP contribution < -0.4 is 0 Å². The third-order valence-corrected chi connectivity index (χ3v) is 3.99. The maximum Gasteiger partial charge on any atom is 0.127 e. The van der Waals surface area contributed by atoms with Crippen LogP contribution in [0, 0.1) is 5.92 Å². The first kappa shape index (κ1) is 14.3. The number of aryl methyl sites for hydroxylation is 1. The summed E-state index contributed by atoms with van der Waals surface area (Å²) in [5.74, 6) is 1.58. The molecule has 2 heterocycles. The Hall–Kier alpha value is -1.61. The lowest BCUT2D eigenvalue weighted by atomic mass is 10.1. The second-order valence-corrected chi connectivity index (χ2v) is 6.58. The Morgan fingerprint density at radius 1 is 1.14 bits per heavy atom. The fourth-order valence-corrected chi connectivity index (χ4v) is 2.86. The van der Waals surface area contributed by atoms with E-state index in [9.17, 15) is 0 Å². The van der Waals surface area contributed by atoms with Gasteiger partial charge in [0.05, 0.1) is 22.6 Å². The van der Waals surface area contributed by atoms with Crippen LogP contribution in [0.15, 0.2) is 30.5 Å². The van der Waals surface area contributed by atoms with E-state index in [-0.39, 0.29) is 5.38 Å². The number of para-hydroxylation sites is 1. The van der Waals surface area contributed by atoms with Gasteiger partial charge in [0.2, 0.25) is 0 Å². The second-order valence-electron chi connectivity index (χ2n) is 5.93. The fourth-order valence-electron chi connectivity index (χ4n) is 2.70. The predicted molar refractivity (Wildman–Crippen MR) is 88.8 cm³/mol. The molecule has 0 saturated heterocycles. The van der Waals surface area contributed by atoms with E-state index in [1.54, 1.807) is 0 Å². The first-order valence-electron chi connectivity index (χ1n) is 7.46. The lowest BCUT2D eigenvalue weighted by molar-refractivity contribution is 0.512. The molecule has 1 atom stereocenters. The largest absolute Gasteiger partial charge is 0.326 e. The number of aromatic nitrogens is 3. The summed E-state index contributed by atoms with van der Waals surface area (Å²) >= 11 is 6.34. The van der Waals surface area contributed by atoms with Crippen molar-refractivity contribution >= 4 is 33.5 Å². The smallest absolute Gasteiger partial charge is 0.127 e. The summed E-state index contributed by atoms with van der Waals surface area (Å²) in [6, 6.07) is 8.22. The van der Waals surface area contributed by atoms with E-state index in [0.29, 0.717) is 5.92 Å². The molecular formula is C17H20ClN3. The van der Waals surface area contributed by atoms with Crippen LogP contribution >= 0.6 is 11.6 Å². The normalized spacial score (nSPS) is 13.4. The average Bonchev–Trinajstić information content (AvgIpc) is 2.84. The molecule has 1 aromatic carbocycles. The summed E-state index contributed by atoms with van der Waals surface area (Å²) in [5.41, 5.74) is 3.09. The predicted octanol–water partition coefficient (Wildman–Crippen LogP) is 4.93. The Bertz CT molecular complexity index is 774. The van der Waals surface area contributed by atoms with Crippen LogP contribution in [0.25, 0.3) is 21.9 Å². The highest BCUT2D eigenvalue weighted by molar-refractivity contribution is 6.20. The Kier molecular flexibility index (Phi) is 3.85. The van der Waals surface area contributed by atoms with Crippen molar-refractivity contribution in [2.75, 3.05) is 0 Å². The Morgan fingerprint density at radius 3 is 2.62 bits per heavy atom. The van der Waals surface area contributed by atoms with Crippen LogP contribution in [0.4, 0.5) is 0 Å². The third-order valence-electron chi connectivity index (χ3n) is 3.80. The minimum Gasteiger partial charge on any atom is -0.326 e. The van der Waals surface area contributed by atoms with Crippen LogP contribution in [0.5, 0.6) is 0 Å². The van der Waals surface area contributed by atoms with Crippen LogP contribution in [0.2, 0.25) is 0 Å². The molecule has 1 unspecified atom stereocenters. The number of halogens is 1. The van der Waals surface area contributed by atoms with Gasteiger partial charge in [-0.2, -0.15) is 0 Å². The number of alkyl halides is 1. The Morgan fingerprint density at radius 2 is 1.90 bits per heavy atom. The maximum atomic E-state index is 6.34. The summed E-state index contributed by atoms with van der Waals surface area (Å²) in [6.45, 7) is 7.39. The lowest BCUT2D eigenvalue weighted by Crippen LogP contribution is -2.07. The van der Waals surface area contributed by atoms with Gasteiger partial charge in [-0.25, -0.2) is 4.98 Å². The van der Waals surface area contributed by atoms with Gasteiger partial charge in [0.1, 0.15) is 11.3 Å². The topological polar surface area (TPSA) is 30.7 Å². The third kappa shape index (κ3) is 2.62. The molecule has 0 radical (unpaired) electrons. The van der Waals surface area contributed by atoms with Crippen molar-refractivity contribution in [3.63, 3.8) is 0 Å². The van der Waals surface area contributed by atoms with Gasteiger partial charge in [-0.15, -0.1) is 11.6 Å². The molecule has 0 aliphatic carbocycles. The van der Waals surface area contributed by atoms with Crippen molar-refractivity contribution in [1.82, 2.24) is 14.5 Å². The van der Waals surface area contributed by atoms with E-state index >= 15 is 0 Å². The molecular weight excluding hydrogens is 282 g/mol. The zero-order valence-corrected chi connectivity index (χ0v) is 13.4. The zero-order chi connectivity index (χ0) is 15.0. The van der Waals surface area contributed by atoms with Crippen molar-refractivity contribution in [3.05, 3.63) is 36.3 Å². The van der Waals surface area contributed by atoms with E-state index in [0.717, 1.165) is 40.7 Å². The summed E-state index contributed by atoms with van der Waals surface area (Å²) in [7, 11) is 0. The van der Waals surface area contributed by atoms with Gasteiger partial charge in [-0.3, -0.25) is 4.98 Å². The molecule has 2 aromatic heterocycles. The molecule has 0 bridgehead atoms. The van der Waals surface area contributed by atoms with Gasteiger partial charge in [0.15, 0.2) is 0 Å². The number of hydrogen-bond donors (Lipinski definition) is 0. The molecule has 4 heteroatoms. The van der Waals surface area contributed by atoms with Crippen molar-refractivity contribution in [2.24, 2.45) is 5.92 Å².